The number of halogens is 1. The van der Waals surface area contributed by atoms with Crippen LogP contribution in [0.1, 0.15) is 23.5 Å². The maximum atomic E-state index is 4.22. The lowest BCUT2D eigenvalue weighted by Crippen LogP contribution is -2.23. The van der Waals surface area contributed by atoms with Crippen LogP contribution in [0.5, 0.6) is 0 Å². The van der Waals surface area contributed by atoms with E-state index in [4.69, 9.17) is 0 Å². The summed E-state index contributed by atoms with van der Waals surface area (Å²) in [5.41, 5.74) is 1.09. The normalized spacial score (nSPS) is 12.9. The van der Waals surface area contributed by atoms with E-state index in [1.54, 1.807) is 12.4 Å². The summed E-state index contributed by atoms with van der Waals surface area (Å²) in [6.45, 7) is 2.95. The molecule has 0 aliphatic carbocycles. The lowest BCUT2D eigenvalue weighted by Gasteiger charge is -2.16. The molecule has 2 rings (SSSR count). The van der Waals surface area contributed by atoms with Gasteiger partial charge in [-0.05, 0) is 34.0 Å². The third kappa shape index (κ3) is 2.16. The van der Waals surface area contributed by atoms with E-state index in [9.17, 15) is 0 Å². The van der Waals surface area contributed by atoms with E-state index in [2.05, 4.69) is 42.9 Å². The topological polar surface area (TPSA) is 55.6 Å². The predicted octanol–water partition coefficient (Wildman–Crippen LogP) is 1.73. The number of rotatable bonds is 4. The monoisotopic (exact) mass is 301 g/mol. The summed E-state index contributed by atoms with van der Waals surface area (Å²) in [6, 6.07) is 0.0897. The zero-order valence-electron chi connectivity index (χ0n) is 9.01. The third-order valence-corrected chi connectivity index (χ3v) is 3.62. The van der Waals surface area contributed by atoms with E-state index in [0.717, 1.165) is 21.6 Å². The molecule has 0 amide bonds. The van der Waals surface area contributed by atoms with Gasteiger partial charge < -0.3 is 5.32 Å². The Morgan fingerprint density at radius 3 is 2.88 bits per heavy atom. The molecular formula is C9H12BrN5S. The highest BCUT2D eigenvalue weighted by molar-refractivity contribution is 9.10. The molecule has 1 unspecified atom stereocenters. The SMILES string of the molecule is CCNC(c1cnns1)c1c(Br)cnn1C. The predicted molar refractivity (Wildman–Crippen MR) is 66.3 cm³/mol. The third-order valence-electron chi connectivity index (χ3n) is 2.28. The molecule has 0 aliphatic heterocycles. The molecule has 0 saturated heterocycles. The smallest absolute Gasteiger partial charge is 0.0885 e. The van der Waals surface area contributed by atoms with Crippen molar-refractivity contribution in [2.45, 2.75) is 13.0 Å². The summed E-state index contributed by atoms with van der Waals surface area (Å²) in [5, 5.41) is 11.5. The van der Waals surface area contributed by atoms with Crippen LogP contribution in [0.2, 0.25) is 0 Å². The van der Waals surface area contributed by atoms with Crippen molar-refractivity contribution in [3.05, 3.63) is 27.4 Å². The zero-order chi connectivity index (χ0) is 11.5. The summed E-state index contributed by atoms with van der Waals surface area (Å²) >= 11 is 4.91. The van der Waals surface area contributed by atoms with Gasteiger partial charge in [-0.15, -0.1) is 5.10 Å². The molecule has 7 heteroatoms. The lowest BCUT2D eigenvalue weighted by molar-refractivity contribution is 0.577. The first kappa shape index (κ1) is 11.7. The van der Waals surface area contributed by atoms with Crippen LogP contribution in [0.4, 0.5) is 0 Å². The van der Waals surface area contributed by atoms with Crippen molar-refractivity contribution in [2.75, 3.05) is 6.54 Å². The Bertz CT molecular complexity index is 433. The molecule has 0 bridgehead atoms. The summed E-state index contributed by atoms with van der Waals surface area (Å²) in [5.74, 6) is 0. The molecule has 0 fully saturated rings. The summed E-state index contributed by atoms with van der Waals surface area (Å²) in [7, 11) is 1.93. The molecule has 2 heterocycles. The molecule has 0 radical (unpaired) electrons. The van der Waals surface area contributed by atoms with E-state index in [1.165, 1.54) is 11.5 Å². The van der Waals surface area contributed by atoms with Crippen molar-refractivity contribution in [2.24, 2.45) is 7.05 Å². The Balaban J connectivity index is 2.40. The summed E-state index contributed by atoms with van der Waals surface area (Å²) < 4.78 is 6.75. The minimum atomic E-state index is 0.0897. The highest BCUT2D eigenvalue weighted by Gasteiger charge is 2.21. The van der Waals surface area contributed by atoms with Crippen LogP contribution in [0, 0.1) is 0 Å². The minimum absolute atomic E-state index is 0.0897. The van der Waals surface area contributed by atoms with E-state index in [0.29, 0.717) is 0 Å². The van der Waals surface area contributed by atoms with Gasteiger partial charge in [-0.2, -0.15) is 5.10 Å². The standard InChI is InChI=1S/C9H12BrN5S/c1-3-11-8(7-5-12-14-16-7)9-6(10)4-13-15(9)2/h4-5,8,11H,3H2,1-2H3. The van der Waals surface area contributed by atoms with Gasteiger partial charge in [0, 0.05) is 7.05 Å². The Hall–Kier alpha value is -0.790. The van der Waals surface area contributed by atoms with Crippen molar-refractivity contribution < 1.29 is 0 Å². The maximum absolute atomic E-state index is 4.22. The van der Waals surface area contributed by atoms with Gasteiger partial charge in [-0.3, -0.25) is 4.68 Å². The second kappa shape index (κ2) is 5.03. The van der Waals surface area contributed by atoms with Gasteiger partial charge >= 0.3 is 0 Å². The number of hydrogen-bond acceptors (Lipinski definition) is 5. The first-order valence-corrected chi connectivity index (χ1v) is 6.48. The average Bonchev–Trinajstić information content (AvgIpc) is 2.87. The van der Waals surface area contributed by atoms with E-state index in [-0.39, 0.29) is 6.04 Å². The Morgan fingerprint density at radius 1 is 1.56 bits per heavy atom. The zero-order valence-corrected chi connectivity index (χ0v) is 11.4. The fourth-order valence-corrected chi connectivity index (χ4v) is 2.74. The Labute approximate surface area is 106 Å². The number of nitrogens with one attached hydrogen (secondary N) is 1. The van der Waals surface area contributed by atoms with Crippen LogP contribution in [0.3, 0.4) is 0 Å². The number of hydrogen-bond donors (Lipinski definition) is 1. The molecule has 16 heavy (non-hydrogen) atoms. The average molecular weight is 302 g/mol. The molecule has 2 aromatic heterocycles. The van der Waals surface area contributed by atoms with Crippen molar-refractivity contribution in [1.82, 2.24) is 24.7 Å². The number of aryl methyl sites for hydroxylation is 1. The van der Waals surface area contributed by atoms with Crippen LogP contribution < -0.4 is 5.32 Å². The highest BCUT2D eigenvalue weighted by atomic mass is 79.9. The van der Waals surface area contributed by atoms with Gasteiger partial charge in [0.25, 0.3) is 0 Å². The van der Waals surface area contributed by atoms with Crippen molar-refractivity contribution in [3.63, 3.8) is 0 Å². The van der Waals surface area contributed by atoms with E-state index in [1.807, 2.05) is 11.7 Å². The summed E-state index contributed by atoms with van der Waals surface area (Å²) in [4.78, 5) is 1.09. The molecule has 0 spiro atoms. The van der Waals surface area contributed by atoms with Gasteiger partial charge in [0.2, 0.25) is 0 Å². The first-order valence-electron chi connectivity index (χ1n) is 4.92. The molecule has 1 atom stereocenters. The molecule has 2 aromatic rings. The van der Waals surface area contributed by atoms with Crippen LogP contribution in [0.15, 0.2) is 16.9 Å². The molecule has 1 N–H and O–H groups in total. The van der Waals surface area contributed by atoms with Crippen molar-refractivity contribution in [3.8, 4) is 0 Å². The first-order chi connectivity index (χ1) is 7.74. The molecular weight excluding hydrogens is 290 g/mol. The van der Waals surface area contributed by atoms with Crippen LogP contribution >= 0.6 is 27.5 Å². The fraction of sp³-hybridized carbons (Fsp3) is 0.444. The maximum Gasteiger partial charge on any atom is 0.0885 e. The van der Waals surface area contributed by atoms with Gasteiger partial charge in [0.05, 0.1) is 33.5 Å². The summed E-state index contributed by atoms with van der Waals surface area (Å²) in [6.07, 6.45) is 3.59. The number of aromatic nitrogens is 4. The largest absolute Gasteiger partial charge is 0.304 e. The van der Waals surface area contributed by atoms with Gasteiger partial charge in [-0.25, -0.2) is 0 Å². The molecule has 0 saturated carbocycles. The quantitative estimate of drug-likeness (QED) is 0.934. The van der Waals surface area contributed by atoms with Crippen LogP contribution in [0.25, 0.3) is 0 Å². The van der Waals surface area contributed by atoms with Crippen molar-refractivity contribution >= 4 is 27.5 Å². The Kier molecular flexibility index (Phi) is 3.67. The second-order valence-corrected chi connectivity index (χ2v) is 4.98. The molecule has 0 aliphatic rings. The van der Waals surface area contributed by atoms with E-state index < -0.39 is 0 Å². The van der Waals surface area contributed by atoms with Gasteiger partial charge in [-0.1, -0.05) is 11.4 Å². The van der Waals surface area contributed by atoms with Gasteiger partial charge in [0.1, 0.15) is 0 Å². The minimum Gasteiger partial charge on any atom is -0.304 e. The van der Waals surface area contributed by atoms with Crippen molar-refractivity contribution in [1.29, 1.82) is 0 Å². The molecule has 86 valence electrons. The molecule has 5 nitrogen and oxygen atoms in total. The van der Waals surface area contributed by atoms with Crippen LogP contribution in [-0.4, -0.2) is 25.9 Å². The number of nitrogens with zero attached hydrogens (tertiary/aromatic N) is 4. The Morgan fingerprint density at radius 2 is 2.38 bits per heavy atom. The highest BCUT2D eigenvalue weighted by Crippen LogP contribution is 2.29. The lowest BCUT2D eigenvalue weighted by atomic mass is 10.2. The van der Waals surface area contributed by atoms with Crippen LogP contribution in [-0.2, 0) is 7.05 Å². The fourth-order valence-electron chi connectivity index (χ4n) is 1.58. The van der Waals surface area contributed by atoms with Gasteiger partial charge in [0.15, 0.2) is 0 Å². The molecule has 0 aromatic carbocycles. The van der Waals surface area contributed by atoms with E-state index >= 15 is 0 Å². The second-order valence-electron chi connectivity index (χ2n) is 3.31.